The van der Waals surface area contributed by atoms with Gasteiger partial charge >= 0.3 is 11.7 Å². The number of carbonyl (C=O) groups excluding carboxylic acids is 1. The van der Waals surface area contributed by atoms with Crippen molar-refractivity contribution in [2.45, 2.75) is 11.8 Å². The molecular formula is C23H20N2O7S. The molecule has 0 saturated carbocycles. The Morgan fingerprint density at radius 2 is 1.70 bits per heavy atom. The van der Waals surface area contributed by atoms with Crippen LogP contribution in [-0.2, 0) is 19.6 Å². The van der Waals surface area contributed by atoms with E-state index in [1.165, 1.54) is 61.7 Å². The van der Waals surface area contributed by atoms with Gasteiger partial charge in [0, 0.05) is 17.8 Å². The number of sulfonamides is 1. The molecule has 0 unspecified atom stereocenters. The molecule has 3 aromatic rings. The minimum atomic E-state index is -3.76. The summed E-state index contributed by atoms with van der Waals surface area (Å²) >= 11 is 0. The first-order chi connectivity index (χ1) is 15.7. The number of esters is 1. The molecule has 0 spiro atoms. The highest BCUT2D eigenvalue weighted by atomic mass is 32.2. The zero-order valence-electron chi connectivity index (χ0n) is 17.7. The molecule has 0 bridgehead atoms. The summed E-state index contributed by atoms with van der Waals surface area (Å²) in [5, 5.41) is 11.5. The van der Waals surface area contributed by atoms with E-state index in [4.69, 9.17) is 4.74 Å². The van der Waals surface area contributed by atoms with Crippen molar-refractivity contribution in [1.82, 2.24) is 0 Å². The lowest BCUT2D eigenvalue weighted by Crippen LogP contribution is -2.12. The lowest BCUT2D eigenvalue weighted by Gasteiger charge is -2.10. The fourth-order valence-electron chi connectivity index (χ4n) is 2.75. The molecular weight excluding hydrogens is 448 g/mol. The van der Waals surface area contributed by atoms with Crippen molar-refractivity contribution in [3.63, 3.8) is 0 Å². The van der Waals surface area contributed by atoms with Gasteiger partial charge in [0.15, 0.2) is 0 Å². The normalized spacial score (nSPS) is 11.2. The molecule has 0 aliphatic carbocycles. The molecule has 0 heterocycles. The van der Waals surface area contributed by atoms with E-state index in [1.54, 1.807) is 18.2 Å². The van der Waals surface area contributed by atoms with Gasteiger partial charge in [-0.15, -0.1) is 0 Å². The van der Waals surface area contributed by atoms with E-state index >= 15 is 0 Å². The number of ether oxygens (including phenoxy) is 2. The van der Waals surface area contributed by atoms with Crippen LogP contribution in [0.25, 0.3) is 6.08 Å². The topological polar surface area (TPSA) is 125 Å². The summed E-state index contributed by atoms with van der Waals surface area (Å²) in [4.78, 5) is 22.2. The van der Waals surface area contributed by atoms with Gasteiger partial charge in [-0.05, 0) is 61.0 Å². The number of hydrogen-bond donors (Lipinski definition) is 1. The molecule has 0 aromatic heterocycles. The molecule has 10 heteroatoms. The van der Waals surface area contributed by atoms with Gasteiger partial charge in [0.25, 0.3) is 10.0 Å². The number of nitro benzene ring substituents is 1. The fourth-order valence-corrected chi connectivity index (χ4v) is 3.81. The van der Waals surface area contributed by atoms with Crippen molar-refractivity contribution in [2.75, 3.05) is 11.8 Å². The summed E-state index contributed by atoms with van der Waals surface area (Å²) in [6.07, 6.45) is 2.54. The fraction of sp³-hybridized carbons (Fsp3) is 0.0870. The number of methoxy groups -OCH3 is 1. The Morgan fingerprint density at radius 3 is 2.30 bits per heavy atom. The van der Waals surface area contributed by atoms with E-state index in [0.717, 1.165) is 11.6 Å². The molecule has 1 N–H and O–H groups in total. The highest BCUT2D eigenvalue weighted by Crippen LogP contribution is 2.33. The molecule has 9 nitrogen and oxygen atoms in total. The van der Waals surface area contributed by atoms with E-state index in [0.29, 0.717) is 11.3 Å². The zero-order valence-corrected chi connectivity index (χ0v) is 18.5. The molecule has 0 radical (unpaired) electrons. The number of anilines is 1. The van der Waals surface area contributed by atoms with Crippen LogP contribution in [0.2, 0.25) is 0 Å². The number of hydrogen-bond acceptors (Lipinski definition) is 7. The molecule has 3 aromatic carbocycles. The number of nitrogens with one attached hydrogen (secondary N) is 1. The number of rotatable bonds is 8. The largest absolute Gasteiger partial charge is 0.466 e. The van der Waals surface area contributed by atoms with Crippen molar-refractivity contribution < 1.29 is 27.6 Å². The molecule has 0 atom stereocenters. The van der Waals surface area contributed by atoms with Crippen LogP contribution < -0.4 is 9.46 Å². The number of carbonyl (C=O) groups is 1. The Bertz CT molecular complexity index is 1300. The Kier molecular flexibility index (Phi) is 7.09. The van der Waals surface area contributed by atoms with Crippen LogP contribution in [0.5, 0.6) is 11.5 Å². The van der Waals surface area contributed by atoms with Crippen LogP contribution in [-0.4, -0.2) is 26.4 Å². The number of benzene rings is 3. The van der Waals surface area contributed by atoms with Crippen molar-refractivity contribution in [3.8, 4) is 11.5 Å². The third-order valence-electron chi connectivity index (χ3n) is 4.46. The summed E-state index contributed by atoms with van der Waals surface area (Å²) in [7, 11) is -2.53. The maximum absolute atomic E-state index is 12.5. The summed E-state index contributed by atoms with van der Waals surface area (Å²) < 4.78 is 37.6. The molecule has 170 valence electrons. The molecule has 0 aliphatic heterocycles. The number of nitrogens with zero attached hydrogens (tertiary/aromatic N) is 1. The van der Waals surface area contributed by atoms with E-state index in [2.05, 4.69) is 9.46 Å². The summed E-state index contributed by atoms with van der Waals surface area (Å²) in [6.45, 7) is 1.86. The lowest BCUT2D eigenvalue weighted by atomic mass is 10.1. The van der Waals surface area contributed by atoms with Crippen molar-refractivity contribution >= 4 is 33.4 Å². The van der Waals surface area contributed by atoms with Gasteiger partial charge in [0.2, 0.25) is 5.75 Å². The Labute approximate surface area is 190 Å². The van der Waals surface area contributed by atoms with E-state index in [1.807, 2.05) is 6.92 Å². The van der Waals surface area contributed by atoms with Crippen LogP contribution in [0.4, 0.5) is 11.4 Å². The molecule has 33 heavy (non-hydrogen) atoms. The highest BCUT2D eigenvalue weighted by molar-refractivity contribution is 7.92. The van der Waals surface area contributed by atoms with Gasteiger partial charge in [-0.2, -0.15) is 0 Å². The first-order valence-electron chi connectivity index (χ1n) is 9.60. The monoisotopic (exact) mass is 468 g/mol. The van der Waals surface area contributed by atoms with Gasteiger partial charge in [0.1, 0.15) is 5.75 Å². The van der Waals surface area contributed by atoms with Crippen LogP contribution in [0, 0.1) is 17.0 Å². The molecule has 0 fully saturated rings. The van der Waals surface area contributed by atoms with E-state index in [9.17, 15) is 23.3 Å². The predicted octanol–water partition coefficient (Wildman–Crippen LogP) is 4.68. The molecule has 0 amide bonds. The lowest BCUT2D eigenvalue weighted by molar-refractivity contribution is -0.385. The van der Waals surface area contributed by atoms with Crippen molar-refractivity contribution in [1.29, 1.82) is 0 Å². The standard InChI is InChI=1S/C23H20N2O7S/c1-16-3-11-20(12-4-16)33(29,30)24-18-7-9-19(10-8-18)32-22-13-5-17(6-14-23(26)31-2)15-21(22)25(27)28/h3-15,24H,1-2H3/b14-6+. The summed E-state index contributed by atoms with van der Waals surface area (Å²) in [5.74, 6) is -0.325. The van der Waals surface area contributed by atoms with Crippen LogP contribution >= 0.6 is 0 Å². The van der Waals surface area contributed by atoms with Crippen molar-refractivity contribution in [2.24, 2.45) is 0 Å². The van der Waals surface area contributed by atoms with E-state index in [-0.39, 0.29) is 22.1 Å². The van der Waals surface area contributed by atoms with E-state index < -0.39 is 20.9 Å². The average molecular weight is 468 g/mol. The second-order valence-corrected chi connectivity index (χ2v) is 8.57. The number of aryl methyl sites for hydroxylation is 1. The van der Waals surface area contributed by atoms with Gasteiger partial charge in [-0.3, -0.25) is 14.8 Å². The Balaban J connectivity index is 1.76. The highest BCUT2D eigenvalue weighted by Gasteiger charge is 2.17. The number of nitro groups is 1. The van der Waals surface area contributed by atoms with Crippen molar-refractivity contribution in [3.05, 3.63) is 94.0 Å². The molecule has 3 rings (SSSR count). The Morgan fingerprint density at radius 1 is 1.03 bits per heavy atom. The second-order valence-electron chi connectivity index (χ2n) is 6.89. The third-order valence-corrected chi connectivity index (χ3v) is 5.86. The average Bonchev–Trinajstić information content (AvgIpc) is 2.79. The molecule has 0 aliphatic rings. The van der Waals surface area contributed by atoms with Gasteiger partial charge < -0.3 is 9.47 Å². The minimum absolute atomic E-state index is 0.0109. The molecule has 0 saturated heterocycles. The maximum atomic E-state index is 12.5. The maximum Gasteiger partial charge on any atom is 0.330 e. The quantitative estimate of drug-likeness (QED) is 0.220. The third kappa shape index (κ3) is 6.17. The first kappa shape index (κ1) is 23.5. The van der Waals surface area contributed by atoms with Crippen LogP contribution in [0.3, 0.4) is 0 Å². The smallest absolute Gasteiger partial charge is 0.330 e. The summed E-state index contributed by atoms with van der Waals surface area (Å²) in [6, 6.07) is 16.6. The van der Waals surface area contributed by atoms with Gasteiger partial charge in [-0.1, -0.05) is 23.8 Å². The predicted molar refractivity (Wildman–Crippen MR) is 123 cm³/mol. The van der Waals surface area contributed by atoms with Crippen LogP contribution in [0.15, 0.2) is 77.7 Å². The Hall–Kier alpha value is -4.18. The first-order valence-corrected chi connectivity index (χ1v) is 11.1. The van der Waals surface area contributed by atoms with Gasteiger partial charge in [0.05, 0.1) is 16.9 Å². The SMILES string of the molecule is COC(=O)/C=C/c1ccc(Oc2ccc(NS(=O)(=O)c3ccc(C)cc3)cc2)c([N+](=O)[O-])c1. The summed E-state index contributed by atoms with van der Waals surface area (Å²) in [5.41, 5.74) is 1.37. The zero-order chi connectivity index (χ0) is 24.0. The van der Waals surface area contributed by atoms with Crippen LogP contribution in [0.1, 0.15) is 11.1 Å². The minimum Gasteiger partial charge on any atom is -0.466 e. The second kappa shape index (κ2) is 9.96. The van der Waals surface area contributed by atoms with Gasteiger partial charge in [-0.25, -0.2) is 13.2 Å².